The number of halogens is 1. The van der Waals surface area contributed by atoms with E-state index in [0.717, 1.165) is 5.56 Å². The summed E-state index contributed by atoms with van der Waals surface area (Å²) in [4.78, 5) is 21.8. The summed E-state index contributed by atoms with van der Waals surface area (Å²) in [6.45, 7) is 4.00. The lowest BCUT2D eigenvalue weighted by atomic mass is 10.0. The third-order valence-corrected chi connectivity index (χ3v) is 6.20. The summed E-state index contributed by atoms with van der Waals surface area (Å²) in [7, 11) is 0. The lowest BCUT2D eigenvalue weighted by Gasteiger charge is -2.22. The van der Waals surface area contributed by atoms with Crippen LogP contribution in [0.2, 0.25) is 0 Å². The number of carbonyl (C=O) groups excluding carboxylic acids is 1. The van der Waals surface area contributed by atoms with Crippen LogP contribution in [0.3, 0.4) is 0 Å². The second-order valence-electron chi connectivity index (χ2n) is 9.70. The molecule has 1 unspecified atom stereocenters. The standard InChI is InChI=1S/C28H25FN8O3/c1-16-34-26(36-40-16)18-4-6-19(7-5-18)35-22-11-23(24-9-8-20-10-17(12-30)13-33-37(20)24)31-14-21(22)27(38)32-15-25(29)28(2,3)39/h4-11,13-14,25,39H,15H2,1-3H3,(H,31,35)(H,32,38). The smallest absolute Gasteiger partial charge is 0.255 e. The average molecular weight is 541 g/mol. The number of nitrogens with one attached hydrogen (secondary N) is 2. The summed E-state index contributed by atoms with van der Waals surface area (Å²) >= 11 is 0. The minimum absolute atomic E-state index is 0.171. The highest BCUT2D eigenvalue weighted by atomic mass is 19.1. The monoisotopic (exact) mass is 540 g/mol. The van der Waals surface area contributed by atoms with Crippen LogP contribution in [0.15, 0.2) is 65.4 Å². The van der Waals surface area contributed by atoms with E-state index in [0.29, 0.717) is 45.6 Å². The van der Waals surface area contributed by atoms with Crippen LogP contribution < -0.4 is 10.6 Å². The Labute approximate surface area is 228 Å². The highest BCUT2D eigenvalue weighted by Gasteiger charge is 2.27. The van der Waals surface area contributed by atoms with Crippen molar-refractivity contribution in [2.24, 2.45) is 0 Å². The van der Waals surface area contributed by atoms with Crippen molar-refractivity contribution in [2.45, 2.75) is 32.5 Å². The van der Waals surface area contributed by atoms with E-state index in [1.54, 1.807) is 35.7 Å². The molecular weight excluding hydrogens is 515 g/mol. The van der Waals surface area contributed by atoms with Crippen molar-refractivity contribution in [3.8, 4) is 28.8 Å². The number of fused-ring (bicyclic) bond motifs is 1. The van der Waals surface area contributed by atoms with Crippen molar-refractivity contribution in [1.82, 2.24) is 30.1 Å². The van der Waals surface area contributed by atoms with Crippen molar-refractivity contribution in [2.75, 3.05) is 11.9 Å². The Kier molecular flexibility index (Phi) is 6.98. The fourth-order valence-electron chi connectivity index (χ4n) is 3.94. The van der Waals surface area contributed by atoms with Gasteiger partial charge in [0.2, 0.25) is 11.7 Å². The van der Waals surface area contributed by atoms with Gasteiger partial charge in [-0.1, -0.05) is 5.16 Å². The molecule has 0 radical (unpaired) electrons. The molecule has 0 bridgehead atoms. The molecule has 0 saturated carbocycles. The van der Waals surface area contributed by atoms with Gasteiger partial charge in [-0.3, -0.25) is 9.78 Å². The van der Waals surface area contributed by atoms with Crippen LogP contribution in [-0.4, -0.2) is 54.1 Å². The van der Waals surface area contributed by atoms with Crippen LogP contribution in [0, 0.1) is 18.3 Å². The molecule has 1 aromatic carbocycles. The first-order chi connectivity index (χ1) is 19.1. The Balaban J connectivity index is 1.49. The van der Waals surface area contributed by atoms with E-state index in [9.17, 15) is 19.6 Å². The minimum atomic E-state index is -1.67. The van der Waals surface area contributed by atoms with Gasteiger partial charge >= 0.3 is 0 Å². The molecule has 0 aliphatic rings. The van der Waals surface area contributed by atoms with Gasteiger partial charge in [0.05, 0.1) is 52.1 Å². The predicted molar refractivity (Wildman–Crippen MR) is 144 cm³/mol. The summed E-state index contributed by atoms with van der Waals surface area (Å²) in [6, 6.07) is 16.3. The van der Waals surface area contributed by atoms with Gasteiger partial charge in [-0.25, -0.2) is 8.91 Å². The summed E-state index contributed by atoms with van der Waals surface area (Å²) in [5.74, 6) is 0.340. The number of benzene rings is 1. The number of nitrogens with zero attached hydrogens (tertiary/aromatic N) is 6. The zero-order valence-corrected chi connectivity index (χ0v) is 21.9. The van der Waals surface area contributed by atoms with Gasteiger partial charge < -0.3 is 20.3 Å². The molecule has 4 heterocycles. The zero-order chi connectivity index (χ0) is 28.4. The third kappa shape index (κ3) is 5.50. The predicted octanol–water partition coefficient (Wildman–Crippen LogP) is 4.21. The van der Waals surface area contributed by atoms with E-state index >= 15 is 0 Å². The van der Waals surface area contributed by atoms with E-state index in [1.807, 2.05) is 24.3 Å². The number of carbonyl (C=O) groups is 1. The molecule has 0 spiro atoms. The van der Waals surface area contributed by atoms with Crippen molar-refractivity contribution in [3.05, 3.63) is 77.9 Å². The molecule has 202 valence electrons. The van der Waals surface area contributed by atoms with Crippen LogP contribution in [0.5, 0.6) is 0 Å². The Morgan fingerprint density at radius 3 is 2.65 bits per heavy atom. The number of aliphatic hydroxyl groups is 1. The third-order valence-electron chi connectivity index (χ3n) is 6.20. The van der Waals surface area contributed by atoms with Gasteiger partial charge in [-0.15, -0.1) is 0 Å². The minimum Gasteiger partial charge on any atom is -0.387 e. The molecule has 0 aliphatic carbocycles. The normalized spacial score (nSPS) is 12.2. The van der Waals surface area contributed by atoms with Gasteiger partial charge in [-0.2, -0.15) is 15.3 Å². The van der Waals surface area contributed by atoms with Gasteiger partial charge in [0.25, 0.3) is 5.91 Å². The van der Waals surface area contributed by atoms with Crippen molar-refractivity contribution in [3.63, 3.8) is 0 Å². The fourth-order valence-corrected chi connectivity index (χ4v) is 3.94. The Morgan fingerprint density at radius 2 is 1.98 bits per heavy atom. The molecule has 12 heteroatoms. The molecule has 11 nitrogen and oxygen atoms in total. The molecule has 0 aliphatic heterocycles. The molecule has 3 N–H and O–H groups in total. The molecule has 5 rings (SSSR count). The average Bonchev–Trinajstić information content (AvgIpc) is 3.57. The number of rotatable bonds is 8. The lowest BCUT2D eigenvalue weighted by Crippen LogP contribution is -2.42. The maximum absolute atomic E-state index is 14.3. The molecule has 40 heavy (non-hydrogen) atoms. The lowest BCUT2D eigenvalue weighted by molar-refractivity contribution is -0.00177. The Morgan fingerprint density at radius 1 is 1.20 bits per heavy atom. The number of nitriles is 1. The number of hydrogen-bond donors (Lipinski definition) is 3. The Bertz CT molecular complexity index is 1730. The molecule has 0 saturated heterocycles. The zero-order valence-electron chi connectivity index (χ0n) is 21.9. The first-order valence-electron chi connectivity index (χ1n) is 12.3. The topological polar surface area (TPSA) is 154 Å². The van der Waals surface area contributed by atoms with Gasteiger partial charge in [0, 0.05) is 24.4 Å². The van der Waals surface area contributed by atoms with E-state index in [2.05, 4.69) is 36.9 Å². The second-order valence-corrected chi connectivity index (χ2v) is 9.70. The highest BCUT2D eigenvalue weighted by molar-refractivity contribution is 6.00. The van der Waals surface area contributed by atoms with Crippen LogP contribution in [0.1, 0.15) is 35.7 Å². The van der Waals surface area contributed by atoms with E-state index in [1.165, 1.54) is 26.2 Å². The molecule has 0 fully saturated rings. The van der Waals surface area contributed by atoms with Crippen molar-refractivity contribution < 1.29 is 18.8 Å². The molecule has 1 atom stereocenters. The molecule has 1 amide bonds. The highest BCUT2D eigenvalue weighted by Crippen LogP contribution is 2.29. The number of pyridine rings is 1. The number of hydrogen-bond acceptors (Lipinski definition) is 9. The number of alkyl halides is 1. The maximum atomic E-state index is 14.3. The van der Waals surface area contributed by atoms with Crippen molar-refractivity contribution >= 4 is 22.8 Å². The van der Waals surface area contributed by atoms with E-state index in [-0.39, 0.29) is 12.1 Å². The van der Waals surface area contributed by atoms with Gasteiger partial charge in [0.15, 0.2) is 0 Å². The summed E-state index contributed by atoms with van der Waals surface area (Å²) in [5.41, 5.74) is 2.67. The molecule has 5 aromatic rings. The summed E-state index contributed by atoms with van der Waals surface area (Å²) in [5, 5.41) is 33.1. The van der Waals surface area contributed by atoms with Crippen LogP contribution in [0.25, 0.3) is 28.3 Å². The van der Waals surface area contributed by atoms with Crippen LogP contribution in [0.4, 0.5) is 15.8 Å². The van der Waals surface area contributed by atoms with Gasteiger partial charge in [-0.05, 0) is 62.4 Å². The van der Waals surface area contributed by atoms with E-state index < -0.39 is 17.7 Å². The second kappa shape index (κ2) is 10.5. The molecule has 4 aromatic heterocycles. The SMILES string of the molecule is Cc1nc(-c2ccc(Nc3cc(-c4ccc5cc(C#N)cnn45)ncc3C(=O)NCC(F)C(C)(C)O)cc2)no1. The first-order valence-corrected chi connectivity index (χ1v) is 12.3. The largest absolute Gasteiger partial charge is 0.387 e. The number of aromatic nitrogens is 5. The maximum Gasteiger partial charge on any atom is 0.255 e. The number of aryl methyl sites for hydroxylation is 1. The first kappa shape index (κ1) is 26.5. The number of amides is 1. The summed E-state index contributed by atoms with van der Waals surface area (Å²) in [6.07, 6.45) is 1.18. The number of anilines is 2. The van der Waals surface area contributed by atoms with Crippen LogP contribution in [-0.2, 0) is 0 Å². The van der Waals surface area contributed by atoms with Crippen LogP contribution >= 0.6 is 0 Å². The molecular formula is C28H25FN8O3. The van der Waals surface area contributed by atoms with Gasteiger partial charge in [0.1, 0.15) is 12.2 Å². The van der Waals surface area contributed by atoms with E-state index in [4.69, 9.17) is 4.52 Å². The summed E-state index contributed by atoms with van der Waals surface area (Å²) < 4.78 is 21.0. The fraction of sp³-hybridized carbons (Fsp3) is 0.214. The van der Waals surface area contributed by atoms with Crippen molar-refractivity contribution in [1.29, 1.82) is 5.26 Å². The quantitative estimate of drug-likeness (QED) is 0.262. The Hall–Kier alpha value is -5.15.